The van der Waals surface area contributed by atoms with Gasteiger partial charge in [0.25, 0.3) is 0 Å². The van der Waals surface area contributed by atoms with E-state index in [1.807, 2.05) is 19.2 Å². The second-order valence-corrected chi connectivity index (χ2v) is 7.92. The van der Waals surface area contributed by atoms with Crippen LogP contribution in [0.25, 0.3) is 16.8 Å². The molecule has 2 aliphatic heterocycles. The molecule has 2 atom stereocenters. The first kappa shape index (κ1) is 17.4. The van der Waals surface area contributed by atoms with Gasteiger partial charge in [0.05, 0.1) is 43.4 Å². The zero-order chi connectivity index (χ0) is 20.4. The summed E-state index contributed by atoms with van der Waals surface area (Å²) in [6.07, 6.45) is 7.09. The Morgan fingerprint density at radius 1 is 1.20 bits per heavy atom. The van der Waals surface area contributed by atoms with Crippen molar-refractivity contribution < 1.29 is 4.74 Å². The lowest BCUT2D eigenvalue weighted by Crippen LogP contribution is -2.55. The fourth-order valence-corrected chi connectivity index (χ4v) is 4.51. The minimum absolute atomic E-state index is 0.115. The lowest BCUT2D eigenvalue weighted by atomic mass is 10.2. The van der Waals surface area contributed by atoms with Gasteiger partial charge >= 0.3 is 5.69 Å². The molecule has 0 spiro atoms. The van der Waals surface area contributed by atoms with Crippen LogP contribution in [-0.4, -0.2) is 59.1 Å². The van der Waals surface area contributed by atoms with Crippen molar-refractivity contribution in [2.45, 2.75) is 31.8 Å². The number of nitrogens with one attached hydrogen (secondary N) is 1. The molecule has 0 radical (unpaired) electrons. The van der Waals surface area contributed by atoms with Gasteiger partial charge in [0.2, 0.25) is 5.95 Å². The summed E-state index contributed by atoms with van der Waals surface area (Å²) in [4.78, 5) is 26.5. The first-order valence-electron chi connectivity index (χ1n) is 9.98. The van der Waals surface area contributed by atoms with Crippen molar-refractivity contribution in [3.05, 3.63) is 40.8 Å². The molecule has 2 fully saturated rings. The van der Waals surface area contributed by atoms with Crippen molar-refractivity contribution in [3.63, 3.8) is 0 Å². The van der Waals surface area contributed by atoms with E-state index in [2.05, 4.69) is 25.4 Å². The first-order valence-corrected chi connectivity index (χ1v) is 9.98. The molecule has 11 heteroatoms. The zero-order valence-electron chi connectivity index (χ0n) is 16.7. The summed E-state index contributed by atoms with van der Waals surface area (Å²) in [6, 6.07) is 2.32. The summed E-state index contributed by atoms with van der Waals surface area (Å²) in [5.41, 5.74) is 3.77. The van der Waals surface area contributed by atoms with Crippen LogP contribution in [0.15, 0.2) is 29.6 Å². The lowest BCUT2D eigenvalue weighted by molar-refractivity contribution is 0.0761. The van der Waals surface area contributed by atoms with Crippen LogP contribution in [0.4, 0.5) is 11.6 Å². The first-order chi connectivity index (χ1) is 14.6. The highest BCUT2D eigenvalue weighted by atomic mass is 16.5. The molecule has 2 unspecified atom stereocenters. The molecule has 6 rings (SSSR count). The largest absolute Gasteiger partial charge is 0.377 e. The fourth-order valence-electron chi connectivity index (χ4n) is 4.51. The Hall–Kier alpha value is -3.47. The van der Waals surface area contributed by atoms with Gasteiger partial charge in [-0.05, 0) is 31.4 Å². The second kappa shape index (κ2) is 6.26. The molecule has 2 saturated heterocycles. The average molecular weight is 407 g/mol. The van der Waals surface area contributed by atoms with Crippen molar-refractivity contribution in [2.24, 2.45) is 7.05 Å². The normalized spacial score (nSPS) is 21.1. The molecular formula is C19H21N9O2. The summed E-state index contributed by atoms with van der Waals surface area (Å²) >= 11 is 0. The van der Waals surface area contributed by atoms with E-state index in [0.29, 0.717) is 30.3 Å². The van der Waals surface area contributed by atoms with Gasteiger partial charge in [-0.15, -0.1) is 0 Å². The van der Waals surface area contributed by atoms with Gasteiger partial charge in [0.1, 0.15) is 11.8 Å². The summed E-state index contributed by atoms with van der Waals surface area (Å²) in [5, 5.41) is 9.60. The Kier molecular flexibility index (Phi) is 3.63. The molecule has 0 aliphatic carbocycles. The molecule has 30 heavy (non-hydrogen) atoms. The molecule has 11 nitrogen and oxygen atoms in total. The summed E-state index contributed by atoms with van der Waals surface area (Å²) < 4.78 is 10.7. The number of rotatable bonds is 3. The van der Waals surface area contributed by atoms with E-state index in [1.54, 1.807) is 27.0 Å². The molecule has 4 aromatic rings. The van der Waals surface area contributed by atoms with E-state index in [-0.39, 0.29) is 17.8 Å². The van der Waals surface area contributed by atoms with E-state index >= 15 is 0 Å². The molecule has 0 saturated carbocycles. The van der Waals surface area contributed by atoms with E-state index < -0.39 is 0 Å². The number of aromatic nitrogens is 7. The Morgan fingerprint density at radius 3 is 2.80 bits per heavy atom. The predicted octanol–water partition coefficient (Wildman–Crippen LogP) is 0.724. The van der Waals surface area contributed by atoms with Gasteiger partial charge in [-0.3, -0.25) is 9.58 Å². The molecular weight excluding hydrogens is 386 g/mol. The maximum Gasteiger partial charge on any atom is 0.349 e. The highest BCUT2D eigenvalue weighted by molar-refractivity contribution is 5.73. The van der Waals surface area contributed by atoms with Crippen LogP contribution in [-0.2, 0) is 11.8 Å². The van der Waals surface area contributed by atoms with Gasteiger partial charge in [-0.2, -0.15) is 14.8 Å². The van der Waals surface area contributed by atoms with Crippen molar-refractivity contribution in [3.8, 4) is 0 Å². The molecule has 2 aliphatic rings. The number of pyridine rings is 1. The third-order valence-corrected chi connectivity index (χ3v) is 6.08. The second-order valence-electron chi connectivity index (χ2n) is 7.92. The summed E-state index contributed by atoms with van der Waals surface area (Å²) in [5.74, 6) is 0.421. The SMILES string of the molecule is Cc1cc2ncnn2cc1Nc1ncc2c(n1)n(N1C3CCC1COC3)c(=O)n2C. The maximum atomic E-state index is 13.1. The Labute approximate surface area is 170 Å². The topological polar surface area (TPSA) is 107 Å². The molecule has 154 valence electrons. The monoisotopic (exact) mass is 407 g/mol. The molecule has 0 amide bonds. The molecule has 2 bridgehead atoms. The van der Waals surface area contributed by atoms with Gasteiger partial charge in [-0.25, -0.2) is 19.3 Å². The van der Waals surface area contributed by atoms with Crippen LogP contribution in [0.1, 0.15) is 18.4 Å². The molecule has 0 aromatic carbocycles. The van der Waals surface area contributed by atoms with E-state index in [1.165, 1.54) is 6.33 Å². The van der Waals surface area contributed by atoms with Gasteiger partial charge in [-0.1, -0.05) is 0 Å². The number of anilines is 2. The van der Waals surface area contributed by atoms with Crippen LogP contribution in [0.5, 0.6) is 0 Å². The highest BCUT2D eigenvalue weighted by Crippen LogP contribution is 2.28. The van der Waals surface area contributed by atoms with Crippen LogP contribution in [0, 0.1) is 6.92 Å². The number of morpholine rings is 1. The number of nitrogens with zero attached hydrogens (tertiary/aromatic N) is 8. The molecule has 4 aromatic heterocycles. The van der Waals surface area contributed by atoms with Crippen molar-refractivity contribution in [1.29, 1.82) is 0 Å². The minimum atomic E-state index is -0.115. The van der Waals surface area contributed by atoms with Crippen molar-refractivity contribution in [2.75, 3.05) is 23.5 Å². The van der Waals surface area contributed by atoms with E-state index in [9.17, 15) is 4.79 Å². The highest BCUT2D eigenvalue weighted by Gasteiger charge is 2.40. The summed E-state index contributed by atoms with van der Waals surface area (Å²) in [6.45, 7) is 3.25. The smallest absolute Gasteiger partial charge is 0.349 e. The Morgan fingerprint density at radius 2 is 2.00 bits per heavy atom. The van der Waals surface area contributed by atoms with E-state index in [0.717, 1.165) is 29.7 Å². The van der Waals surface area contributed by atoms with Crippen LogP contribution < -0.4 is 16.0 Å². The quantitative estimate of drug-likeness (QED) is 0.530. The average Bonchev–Trinajstić information content (AvgIpc) is 3.35. The number of aryl methyl sites for hydroxylation is 2. The summed E-state index contributed by atoms with van der Waals surface area (Å²) in [7, 11) is 1.75. The van der Waals surface area contributed by atoms with Crippen molar-refractivity contribution in [1.82, 2.24) is 33.8 Å². The van der Waals surface area contributed by atoms with Gasteiger partial charge in [0.15, 0.2) is 11.3 Å². The molecule has 6 heterocycles. The predicted molar refractivity (Wildman–Crippen MR) is 110 cm³/mol. The number of hydrogen-bond acceptors (Lipinski definition) is 8. The van der Waals surface area contributed by atoms with Crippen LogP contribution in [0.2, 0.25) is 0 Å². The number of ether oxygens (including phenoxy) is 1. The lowest BCUT2D eigenvalue weighted by Gasteiger charge is -2.36. The third-order valence-electron chi connectivity index (χ3n) is 6.08. The Bertz CT molecular complexity index is 1320. The zero-order valence-corrected chi connectivity index (χ0v) is 16.7. The Balaban J connectivity index is 1.45. The van der Waals surface area contributed by atoms with E-state index in [4.69, 9.17) is 9.72 Å². The molecule has 1 N–H and O–H groups in total. The minimum Gasteiger partial charge on any atom is -0.377 e. The standard InChI is InChI=1S/C19H21N9O2/c1-11-5-16-21-10-22-26(16)7-14(11)23-18-20-6-15-17(24-18)28(19(29)25(15)2)27-12-3-4-13(27)9-30-8-12/h5-7,10,12-13H,3-4,8-9H2,1-2H3,(H,20,23,24). The number of hydrogen-bond donors (Lipinski definition) is 1. The third kappa shape index (κ3) is 2.45. The fraction of sp³-hybridized carbons (Fsp3) is 0.421. The number of imidazole rings is 1. The number of fused-ring (bicyclic) bond motifs is 4. The van der Waals surface area contributed by atoms with Crippen LogP contribution >= 0.6 is 0 Å². The van der Waals surface area contributed by atoms with Crippen LogP contribution in [0.3, 0.4) is 0 Å². The van der Waals surface area contributed by atoms with Crippen molar-refractivity contribution >= 4 is 28.4 Å². The van der Waals surface area contributed by atoms with Gasteiger partial charge in [0, 0.05) is 7.05 Å². The maximum absolute atomic E-state index is 13.1. The van der Waals surface area contributed by atoms with Gasteiger partial charge < -0.3 is 10.1 Å².